The largest absolute Gasteiger partial charge is 0.377 e. The molecule has 3 heteroatoms. The zero-order valence-corrected chi connectivity index (χ0v) is 13.0. The molecule has 0 spiro atoms. The van der Waals surface area contributed by atoms with Crippen LogP contribution in [0.25, 0.3) is 0 Å². The van der Waals surface area contributed by atoms with E-state index in [4.69, 9.17) is 10.5 Å². The van der Waals surface area contributed by atoms with Gasteiger partial charge in [-0.2, -0.15) is 0 Å². The molecule has 1 aliphatic carbocycles. The van der Waals surface area contributed by atoms with Gasteiger partial charge in [0.1, 0.15) is 0 Å². The molecule has 4 unspecified atom stereocenters. The minimum absolute atomic E-state index is 0.0521. The van der Waals surface area contributed by atoms with Crippen LogP contribution in [0.15, 0.2) is 0 Å². The Morgan fingerprint density at radius 1 is 1.37 bits per heavy atom. The van der Waals surface area contributed by atoms with Crippen molar-refractivity contribution < 1.29 is 4.74 Å². The third-order valence-corrected chi connectivity index (χ3v) is 5.60. The monoisotopic (exact) mass is 268 g/mol. The van der Waals surface area contributed by atoms with E-state index < -0.39 is 0 Å². The Hall–Kier alpha value is -0.120. The highest BCUT2D eigenvalue weighted by Gasteiger charge is 2.38. The molecule has 3 nitrogen and oxygen atoms in total. The van der Waals surface area contributed by atoms with Crippen LogP contribution >= 0.6 is 0 Å². The Morgan fingerprint density at radius 2 is 2.16 bits per heavy atom. The molecule has 0 bridgehead atoms. The molecule has 0 aromatic carbocycles. The zero-order valence-electron chi connectivity index (χ0n) is 13.0. The van der Waals surface area contributed by atoms with E-state index in [2.05, 4.69) is 18.7 Å². The first-order valence-corrected chi connectivity index (χ1v) is 8.11. The number of rotatable bonds is 4. The topological polar surface area (TPSA) is 38.5 Å². The van der Waals surface area contributed by atoms with Crippen LogP contribution in [0.5, 0.6) is 0 Å². The normalized spacial score (nSPS) is 41.4. The molecule has 1 heterocycles. The third-order valence-electron chi connectivity index (χ3n) is 5.60. The fourth-order valence-electron chi connectivity index (χ4n) is 4.08. The summed E-state index contributed by atoms with van der Waals surface area (Å²) >= 11 is 0. The number of methoxy groups -OCH3 is 1. The lowest BCUT2D eigenvalue weighted by Crippen LogP contribution is -2.55. The number of likely N-dealkylation sites (tertiary alicyclic amines) is 1. The number of nitrogens with two attached hydrogens (primary N) is 1. The fraction of sp³-hybridized carbons (Fsp3) is 1.00. The van der Waals surface area contributed by atoms with E-state index in [1.54, 1.807) is 0 Å². The van der Waals surface area contributed by atoms with Crippen LogP contribution in [0.2, 0.25) is 0 Å². The molecule has 112 valence electrons. The highest BCUT2D eigenvalue weighted by molar-refractivity contribution is 4.93. The van der Waals surface area contributed by atoms with Crippen molar-refractivity contribution in [2.24, 2.45) is 17.6 Å². The summed E-state index contributed by atoms with van der Waals surface area (Å²) in [5, 5.41) is 0. The molecule has 4 atom stereocenters. The Labute approximate surface area is 118 Å². The second kappa shape index (κ2) is 6.55. The van der Waals surface area contributed by atoms with Gasteiger partial charge in [-0.25, -0.2) is 0 Å². The molecule has 2 rings (SSSR count). The molecule has 0 radical (unpaired) electrons. The van der Waals surface area contributed by atoms with Crippen LogP contribution in [0.1, 0.15) is 52.4 Å². The second-order valence-electron chi connectivity index (χ2n) is 6.88. The van der Waals surface area contributed by atoms with Crippen molar-refractivity contribution in [1.82, 2.24) is 4.90 Å². The van der Waals surface area contributed by atoms with E-state index in [0.29, 0.717) is 12.0 Å². The number of piperidine rings is 1. The highest BCUT2D eigenvalue weighted by atomic mass is 16.5. The number of hydrogen-bond donors (Lipinski definition) is 1. The minimum Gasteiger partial charge on any atom is -0.377 e. The van der Waals surface area contributed by atoms with Crippen molar-refractivity contribution in [3.05, 3.63) is 0 Å². The smallest absolute Gasteiger partial charge is 0.0777 e. The van der Waals surface area contributed by atoms with Crippen LogP contribution in [-0.2, 0) is 4.74 Å². The van der Waals surface area contributed by atoms with Gasteiger partial charge in [-0.1, -0.05) is 19.8 Å². The number of nitrogens with zero attached hydrogens (tertiary/aromatic N) is 1. The molecule has 2 fully saturated rings. The fourth-order valence-corrected chi connectivity index (χ4v) is 4.08. The maximum absolute atomic E-state index is 6.03. The van der Waals surface area contributed by atoms with Crippen LogP contribution < -0.4 is 5.73 Å². The van der Waals surface area contributed by atoms with Gasteiger partial charge >= 0.3 is 0 Å². The van der Waals surface area contributed by atoms with Gasteiger partial charge in [0.15, 0.2) is 0 Å². The van der Waals surface area contributed by atoms with Crippen LogP contribution in [0.4, 0.5) is 0 Å². The molecule has 2 aliphatic rings. The van der Waals surface area contributed by atoms with E-state index in [1.807, 2.05) is 7.11 Å². The van der Waals surface area contributed by atoms with E-state index >= 15 is 0 Å². The molecule has 1 saturated carbocycles. The first-order valence-electron chi connectivity index (χ1n) is 8.11. The average Bonchev–Trinajstić information content (AvgIpc) is 2.46. The molecule has 0 aromatic heterocycles. The third kappa shape index (κ3) is 3.50. The molecule has 19 heavy (non-hydrogen) atoms. The molecule has 1 aliphatic heterocycles. The summed E-state index contributed by atoms with van der Waals surface area (Å²) in [5.41, 5.74) is 6.08. The summed E-state index contributed by atoms with van der Waals surface area (Å²) in [6.07, 6.45) is 7.82. The van der Waals surface area contributed by atoms with Crippen LogP contribution in [0, 0.1) is 11.8 Å². The first kappa shape index (κ1) is 15.3. The number of hydrogen-bond acceptors (Lipinski definition) is 3. The van der Waals surface area contributed by atoms with Gasteiger partial charge in [0.2, 0.25) is 0 Å². The standard InChI is InChI=1S/C16H32N2O/c1-4-13-6-7-14(11-17)15(10-13)18-9-5-8-16(2,12-18)19-3/h13-15H,4-12,17H2,1-3H3. The van der Waals surface area contributed by atoms with Crippen molar-refractivity contribution in [2.75, 3.05) is 26.7 Å². The van der Waals surface area contributed by atoms with Crippen LogP contribution in [-0.4, -0.2) is 43.3 Å². The number of ether oxygens (including phenoxy) is 1. The van der Waals surface area contributed by atoms with E-state index in [9.17, 15) is 0 Å². The van der Waals surface area contributed by atoms with Gasteiger partial charge in [-0.3, -0.25) is 4.90 Å². The quantitative estimate of drug-likeness (QED) is 0.852. The summed E-state index contributed by atoms with van der Waals surface area (Å²) < 4.78 is 5.75. The molecule has 0 amide bonds. The second-order valence-corrected chi connectivity index (χ2v) is 6.88. The first-order chi connectivity index (χ1) is 9.11. The van der Waals surface area contributed by atoms with E-state index in [1.165, 1.54) is 45.1 Å². The lowest BCUT2D eigenvalue weighted by atomic mass is 9.75. The maximum Gasteiger partial charge on any atom is 0.0777 e. The Morgan fingerprint density at radius 3 is 2.79 bits per heavy atom. The van der Waals surface area contributed by atoms with E-state index in [-0.39, 0.29) is 5.60 Å². The Balaban J connectivity index is 2.04. The Bertz CT molecular complexity index is 284. The maximum atomic E-state index is 6.03. The predicted octanol–water partition coefficient (Wildman–Crippen LogP) is 2.64. The van der Waals surface area contributed by atoms with Gasteiger partial charge in [-0.15, -0.1) is 0 Å². The van der Waals surface area contributed by atoms with Gasteiger partial charge in [0.05, 0.1) is 5.60 Å². The van der Waals surface area contributed by atoms with Gasteiger partial charge in [-0.05, 0) is 57.5 Å². The van der Waals surface area contributed by atoms with Gasteiger partial charge in [0, 0.05) is 19.7 Å². The molecular weight excluding hydrogens is 236 g/mol. The average molecular weight is 268 g/mol. The summed E-state index contributed by atoms with van der Waals surface area (Å²) in [7, 11) is 1.86. The predicted molar refractivity (Wildman–Crippen MR) is 80.2 cm³/mol. The van der Waals surface area contributed by atoms with Gasteiger partial charge in [0.25, 0.3) is 0 Å². The highest BCUT2D eigenvalue weighted by Crippen LogP contribution is 2.36. The summed E-state index contributed by atoms with van der Waals surface area (Å²) in [4.78, 5) is 2.69. The van der Waals surface area contributed by atoms with Crippen molar-refractivity contribution in [3.63, 3.8) is 0 Å². The summed E-state index contributed by atoms with van der Waals surface area (Å²) in [5.74, 6) is 1.60. The molecule has 0 aromatic rings. The molecular formula is C16H32N2O. The van der Waals surface area contributed by atoms with E-state index in [0.717, 1.165) is 19.0 Å². The zero-order chi connectivity index (χ0) is 13.9. The summed E-state index contributed by atoms with van der Waals surface area (Å²) in [6.45, 7) is 7.76. The van der Waals surface area contributed by atoms with Crippen molar-refractivity contribution in [3.8, 4) is 0 Å². The van der Waals surface area contributed by atoms with Crippen molar-refractivity contribution >= 4 is 0 Å². The van der Waals surface area contributed by atoms with Gasteiger partial charge < -0.3 is 10.5 Å². The molecule has 2 N–H and O–H groups in total. The molecule has 1 saturated heterocycles. The SMILES string of the molecule is CCC1CCC(CN)C(N2CCCC(C)(OC)C2)C1. The lowest BCUT2D eigenvalue weighted by Gasteiger charge is -2.48. The lowest BCUT2D eigenvalue weighted by molar-refractivity contribution is -0.0743. The Kier molecular flexibility index (Phi) is 5.27. The summed E-state index contributed by atoms with van der Waals surface area (Å²) in [6, 6.07) is 0.693. The van der Waals surface area contributed by atoms with Crippen molar-refractivity contribution in [1.29, 1.82) is 0 Å². The van der Waals surface area contributed by atoms with Crippen molar-refractivity contribution in [2.45, 2.75) is 64.0 Å². The minimum atomic E-state index is 0.0521. The van der Waals surface area contributed by atoms with Crippen LogP contribution in [0.3, 0.4) is 0 Å².